The average molecular weight is 220 g/mol. The van der Waals surface area contributed by atoms with Crippen molar-refractivity contribution >= 4 is 11.5 Å². The van der Waals surface area contributed by atoms with Crippen molar-refractivity contribution in [3.05, 3.63) is 29.8 Å². The summed E-state index contributed by atoms with van der Waals surface area (Å²) in [5.74, 6) is 0.0881. The maximum absolute atomic E-state index is 11.9. The van der Waals surface area contributed by atoms with E-state index in [1.54, 1.807) is 0 Å². The number of carbonyl (C=O) groups excluding carboxylic acids is 1. The Bertz CT molecular complexity index is 373. The SMILES string of the molecule is Nc1ccccc1CC(=O)C1CNCCO1. The summed E-state index contributed by atoms with van der Waals surface area (Å²) in [7, 11) is 0. The lowest BCUT2D eigenvalue weighted by molar-refractivity contribution is -0.131. The quantitative estimate of drug-likeness (QED) is 0.722. The molecule has 16 heavy (non-hydrogen) atoms. The second-order valence-electron chi connectivity index (χ2n) is 3.91. The van der Waals surface area contributed by atoms with Gasteiger partial charge >= 0.3 is 0 Å². The van der Waals surface area contributed by atoms with E-state index in [2.05, 4.69) is 5.32 Å². The predicted octanol–water partition coefficient (Wildman–Crippen LogP) is 0.369. The molecule has 4 heteroatoms. The fraction of sp³-hybridized carbons (Fsp3) is 0.417. The summed E-state index contributed by atoms with van der Waals surface area (Å²) in [4.78, 5) is 11.9. The maximum Gasteiger partial charge on any atom is 0.167 e. The van der Waals surface area contributed by atoms with E-state index in [-0.39, 0.29) is 11.9 Å². The molecule has 3 N–H and O–H groups in total. The number of anilines is 1. The minimum atomic E-state index is -0.326. The standard InChI is InChI=1S/C12H16N2O2/c13-10-4-2-1-3-9(10)7-11(15)12-8-14-5-6-16-12/h1-4,12,14H,5-8,13H2. The number of ether oxygens (including phenoxy) is 1. The first kappa shape index (κ1) is 11.1. The third-order valence-electron chi connectivity index (χ3n) is 2.71. The molecular formula is C12H16N2O2. The third kappa shape index (κ3) is 2.59. The highest BCUT2D eigenvalue weighted by Crippen LogP contribution is 2.13. The van der Waals surface area contributed by atoms with Crippen LogP contribution < -0.4 is 11.1 Å². The van der Waals surface area contributed by atoms with E-state index < -0.39 is 0 Å². The fourth-order valence-electron chi connectivity index (χ4n) is 1.77. The molecule has 1 aliphatic rings. The van der Waals surface area contributed by atoms with Crippen molar-refractivity contribution in [2.24, 2.45) is 0 Å². The molecule has 0 saturated carbocycles. The largest absolute Gasteiger partial charge is 0.398 e. The zero-order valence-corrected chi connectivity index (χ0v) is 9.11. The third-order valence-corrected chi connectivity index (χ3v) is 2.71. The molecule has 0 radical (unpaired) electrons. The number of nitrogen functional groups attached to an aromatic ring is 1. The van der Waals surface area contributed by atoms with Gasteiger partial charge in [0.05, 0.1) is 6.61 Å². The molecule has 1 aliphatic heterocycles. The first-order valence-electron chi connectivity index (χ1n) is 5.46. The molecule has 0 spiro atoms. The zero-order chi connectivity index (χ0) is 11.4. The van der Waals surface area contributed by atoms with E-state index in [1.165, 1.54) is 0 Å². The van der Waals surface area contributed by atoms with Gasteiger partial charge in [-0.25, -0.2) is 0 Å². The van der Waals surface area contributed by atoms with Crippen molar-refractivity contribution in [1.29, 1.82) is 0 Å². The second kappa shape index (κ2) is 5.09. The van der Waals surface area contributed by atoms with Crippen molar-refractivity contribution in [1.82, 2.24) is 5.32 Å². The Morgan fingerprint density at radius 2 is 2.31 bits per heavy atom. The van der Waals surface area contributed by atoms with Crippen LogP contribution in [0.25, 0.3) is 0 Å². The van der Waals surface area contributed by atoms with Gasteiger partial charge in [-0.3, -0.25) is 4.79 Å². The van der Waals surface area contributed by atoms with Gasteiger partial charge in [-0.2, -0.15) is 0 Å². The van der Waals surface area contributed by atoms with Gasteiger partial charge in [-0.15, -0.1) is 0 Å². The maximum atomic E-state index is 11.9. The molecule has 86 valence electrons. The molecule has 1 atom stereocenters. The molecule has 1 aromatic rings. The molecule has 1 unspecified atom stereocenters. The van der Waals surface area contributed by atoms with Gasteiger partial charge in [-0.1, -0.05) is 18.2 Å². The number of nitrogens with one attached hydrogen (secondary N) is 1. The monoisotopic (exact) mass is 220 g/mol. The Morgan fingerprint density at radius 3 is 3.00 bits per heavy atom. The van der Waals surface area contributed by atoms with E-state index in [4.69, 9.17) is 10.5 Å². The van der Waals surface area contributed by atoms with Crippen molar-refractivity contribution in [3.8, 4) is 0 Å². The Kier molecular flexibility index (Phi) is 3.54. The lowest BCUT2D eigenvalue weighted by Gasteiger charge is -2.22. The summed E-state index contributed by atoms with van der Waals surface area (Å²) in [5, 5.41) is 3.14. The number of hydrogen-bond donors (Lipinski definition) is 2. The predicted molar refractivity (Wildman–Crippen MR) is 62.2 cm³/mol. The Labute approximate surface area is 94.8 Å². The normalized spacial score (nSPS) is 20.6. The summed E-state index contributed by atoms with van der Waals surface area (Å²) >= 11 is 0. The summed E-state index contributed by atoms with van der Waals surface area (Å²) in [6.07, 6.45) is 0.0207. The van der Waals surface area contributed by atoms with Crippen LogP contribution in [-0.4, -0.2) is 31.6 Å². The van der Waals surface area contributed by atoms with E-state index in [9.17, 15) is 4.79 Å². The minimum Gasteiger partial charge on any atom is -0.398 e. The number of para-hydroxylation sites is 1. The van der Waals surface area contributed by atoms with Gasteiger partial charge < -0.3 is 15.8 Å². The van der Waals surface area contributed by atoms with Crippen molar-refractivity contribution in [3.63, 3.8) is 0 Å². The van der Waals surface area contributed by atoms with Gasteiger partial charge in [0.15, 0.2) is 5.78 Å². The van der Waals surface area contributed by atoms with Crippen LogP contribution in [0.15, 0.2) is 24.3 Å². The van der Waals surface area contributed by atoms with E-state index in [0.29, 0.717) is 25.3 Å². The fourth-order valence-corrected chi connectivity index (χ4v) is 1.77. The van der Waals surface area contributed by atoms with Crippen LogP contribution in [0.5, 0.6) is 0 Å². The summed E-state index contributed by atoms with van der Waals surface area (Å²) < 4.78 is 5.40. The van der Waals surface area contributed by atoms with Crippen LogP contribution >= 0.6 is 0 Å². The number of hydrogen-bond acceptors (Lipinski definition) is 4. The van der Waals surface area contributed by atoms with Gasteiger partial charge in [0.25, 0.3) is 0 Å². The molecule has 1 aromatic carbocycles. The molecule has 0 aromatic heterocycles. The van der Waals surface area contributed by atoms with Crippen molar-refractivity contribution in [2.45, 2.75) is 12.5 Å². The van der Waals surface area contributed by atoms with Gasteiger partial charge in [-0.05, 0) is 11.6 Å². The van der Waals surface area contributed by atoms with Crippen molar-refractivity contribution in [2.75, 3.05) is 25.4 Å². The highest BCUT2D eigenvalue weighted by Gasteiger charge is 2.21. The number of morpholine rings is 1. The first-order chi connectivity index (χ1) is 7.77. The Hall–Kier alpha value is -1.39. The highest BCUT2D eigenvalue weighted by atomic mass is 16.5. The molecule has 4 nitrogen and oxygen atoms in total. The second-order valence-corrected chi connectivity index (χ2v) is 3.91. The van der Waals surface area contributed by atoms with Crippen LogP contribution in [0, 0.1) is 0 Å². The van der Waals surface area contributed by atoms with Crippen LogP contribution in [-0.2, 0) is 16.0 Å². The molecule has 1 saturated heterocycles. The number of carbonyl (C=O) groups is 1. The molecule has 0 amide bonds. The molecule has 2 rings (SSSR count). The number of ketones is 1. The van der Waals surface area contributed by atoms with E-state index in [0.717, 1.165) is 12.1 Å². The summed E-state index contributed by atoms with van der Waals surface area (Å²) in [6, 6.07) is 7.44. The highest BCUT2D eigenvalue weighted by molar-refractivity contribution is 5.86. The van der Waals surface area contributed by atoms with E-state index >= 15 is 0 Å². The molecule has 1 fully saturated rings. The molecule has 0 aliphatic carbocycles. The van der Waals surface area contributed by atoms with E-state index in [1.807, 2.05) is 24.3 Å². The average Bonchev–Trinajstić information content (AvgIpc) is 2.33. The van der Waals surface area contributed by atoms with Gasteiger partial charge in [0, 0.05) is 25.2 Å². The van der Waals surface area contributed by atoms with Crippen LogP contribution in [0.3, 0.4) is 0 Å². The molecular weight excluding hydrogens is 204 g/mol. The zero-order valence-electron chi connectivity index (χ0n) is 9.11. The number of rotatable bonds is 3. The molecule has 1 heterocycles. The van der Waals surface area contributed by atoms with Crippen molar-refractivity contribution < 1.29 is 9.53 Å². The summed E-state index contributed by atoms with van der Waals surface area (Å²) in [6.45, 7) is 2.02. The Balaban J connectivity index is 1.99. The van der Waals surface area contributed by atoms with Crippen LogP contribution in [0.2, 0.25) is 0 Å². The van der Waals surface area contributed by atoms with Gasteiger partial charge in [0.1, 0.15) is 6.10 Å². The lowest BCUT2D eigenvalue weighted by atomic mass is 10.0. The smallest absolute Gasteiger partial charge is 0.167 e. The van der Waals surface area contributed by atoms with Crippen LogP contribution in [0.1, 0.15) is 5.56 Å². The number of nitrogens with two attached hydrogens (primary N) is 1. The first-order valence-corrected chi connectivity index (χ1v) is 5.46. The topological polar surface area (TPSA) is 64.4 Å². The number of Topliss-reactive ketones (excluding diaryl/α,β-unsaturated/α-hetero) is 1. The van der Waals surface area contributed by atoms with Crippen LogP contribution in [0.4, 0.5) is 5.69 Å². The number of benzene rings is 1. The molecule has 0 bridgehead atoms. The lowest BCUT2D eigenvalue weighted by Crippen LogP contribution is -2.43. The van der Waals surface area contributed by atoms with Gasteiger partial charge in [0.2, 0.25) is 0 Å². The summed E-state index contributed by atoms with van der Waals surface area (Å²) in [5.41, 5.74) is 7.33. The Morgan fingerprint density at radius 1 is 1.50 bits per heavy atom. The minimum absolute atomic E-state index is 0.0881.